The van der Waals surface area contributed by atoms with Crippen LogP contribution in [0.4, 0.5) is 0 Å². The number of hydrogen-bond donors (Lipinski definition) is 1. The maximum absolute atomic E-state index is 12.7. The highest BCUT2D eigenvalue weighted by molar-refractivity contribution is 7.84. The largest absolute Gasteiger partial charge is 0.340 e. The zero-order valence-corrected chi connectivity index (χ0v) is 13.9. The van der Waals surface area contributed by atoms with Gasteiger partial charge in [0.05, 0.1) is 0 Å². The van der Waals surface area contributed by atoms with Crippen molar-refractivity contribution in [3.05, 3.63) is 0 Å². The number of nitrogens with zero attached hydrogens (tertiary/aromatic N) is 1. The van der Waals surface area contributed by atoms with Crippen LogP contribution in [0.3, 0.4) is 0 Å². The van der Waals surface area contributed by atoms with Crippen LogP contribution in [0.5, 0.6) is 0 Å². The molecule has 20 heavy (non-hydrogen) atoms. The highest BCUT2D eigenvalue weighted by Gasteiger charge is 2.47. The van der Waals surface area contributed by atoms with Crippen molar-refractivity contribution in [2.24, 2.45) is 0 Å². The van der Waals surface area contributed by atoms with E-state index in [1.165, 1.54) is 0 Å². The summed E-state index contributed by atoms with van der Waals surface area (Å²) in [5.74, 6) is 0.438. The van der Waals surface area contributed by atoms with Crippen LogP contribution in [0.1, 0.15) is 47.0 Å². The van der Waals surface area contributed by atoms with Crippen LogP contribution in [0.2, 0.25) is 0 Å². The summed E-state index contributed by atoms with van der Waals surface area (Å²) in [6, 6.07) is -0.490. The average molecular weight is 302 g/mol. The average Bonchev–Trinajstić information content (AvgIpc) is 2.39. The molecule has 0 aromatic heterocycles. The first-order valence-corrected chi connectivity index (χ1v) is 8.94. The number of carbonyl (C=O) groups is 2. The van der Waals surface area contributed by atoms with Gasteiger partial charge < -0.3 is 10.2 Å². The zero-order chi connectivity index (χ0) is 15.5. The minimum atomic E-state index is -0.883. The van der Waals surface area contributed by atoms with E-state index in [-0.39, 0.29) is 17.9 Å². The fourth-order valence-electron chi connectivity index (χ4n) is 2.57. The van der Waals surface area contributed by atoms with E-state index in [9.17, 15) is 13.8 Å². The third kappa shape index (κ3) is 3.40. The topological polar surface area (TPSA) is 66.5 Å². The van der Waals surface area contributed by atoms with Gasteiger partial charge in [0.25, 0.3) is 0 Å². The van der Waals surface area contributed by atoms with Crippen LogP contribution in [0.15, 0.2) is 0 Å². The van der Waals surface area contributed by atoms with Crippen LogP contribution in [-0.4, -0.2) is 50.6 Å². The van der Waals surface area contributed by atoms with Gasteiger partial charge in [-0.1, -0.05) is 13.8 Å². The third-order valence-corrected chi connectivity index (χ3v) is 4.95. The minimum Gasteiger partial charge on any atom is -0.340 e. The molecule has 1 heterocycles. The fourth-order valence-corrected chi connectivity index (χ4v) is 3.24. The Morgan fingerprint density at radius 2 is 2.00 bits per heavy atom. The first-order chi connectivity index (χ1) is 9.26. The molecule has 1 fully saturated rings. The van der Waals surface area contributed by atoms with E-state index in [0.717, 1.165) is 0 Å². The van der Waals surface area contributed by atoms with Crippen LogP contribution in [-0.2, 0) is 20.4 Å². The second-order valence-corrected chi connectivity index (χ2v) is 7.28. The van der Waals surface area contributed by atoms with Crippen LogP contribution >= 0.6 is 0 Å². The first-order valence-electron chi connectivity index (χ1n) is 7.21. The van der Waals surface area contributed by atoms with Crippen molar-refractivity contribution in [3.63, 3.8) is 0 Å². The van der Waals surface area contributed by atoms with Gasteiger partial charge in [0, 0.05) is 28.9 Å². The van der Waals surface area contributed by atoms with Gasteiger partial charge in [0.15, 0.2) is 0 Å². The molecule has 4 unspecified atom stereocenters. The minimum absolute atomic E-state index is 0.0270. The molecule has 0 aliphatic carbocycles. The van der Waals surface area contributed by atoms with Crippen molar-refractivity contribution in [3.8, 4) is 0 Å². The summed E-state index contributed by atoms with van der Waals surface area (Å²) in [5.41, 5.74) is -0.817. The third-order valence-electron chi connectivity index (χ3n) is 4.14. The number of hydrogen-bond acceptors (Lipinski definition) is 3. The Bertz CT molecular complexity index is 413. The summed E-state index contributed by atoms with van der Waals surface area (Å²) in [5, 5.41) is 2.85. The smallest absolute Gasteiger partial charge is 0.248 e. The van der Waals surface area contributed by atoms with E-state index in [1.807, 2.05) is 20.8 Å². The molecule has 1 aliphatic heterocycles. The monoisotopic (exact) mass is 302 g/mol. The Hall–Kier alpha value is -0.910. The zero-order valence-electron chi connectivity index (χ0n) is 13.1. The summed E-state index contributed by atoms with van der Waals surface area (Å²) in [7, 11) is -0.883. The van der Waals surface area contributed by atoms with Gasteiger partial charge in [0.2, 0.25) is 11.8 Å². The molecule has 116 valence electrons. The number of amides is 2. The summed E-state index contributed by atoms with van der Waals surface area (Å²) in [4.78, 5) is 26.7. The molecular formula is C14H26N2O3S. The molecular weight excluding hydrogens is 276 g/mol. The van der Waals surface area contributed by atoms with E-state index in [0.29, 0.717) is 25.0 Å². The van der Waals surface area contributed by atoms with Gasteiger partial charge in [-0.05, 0) is 33.1 Å². The molecule has 4 atom stereocenters. The summed E-state index contributed by atoms with van der Waals surface area (Å²) >= 11 is 0. The standard InChI is InChI=1S/C14H26N2O3S/c1-6-11-12(17)15-14(4,7-2)13(18)16(11)10(3)8-9-20(5)19/h10-11H,6-9H2,1-5H3,(H,15,17). The van der Waals surface area contributed by atoms with E-state index >= 15 is 0 Å². The first kappa shape index (κ1) is 17.1. The van der Waals surface area contributed by atoms with Gasteiger partial charge in [0.1, 0.15) is 11.6 Å². The summed E-state index contributed by atoms with van der Waals surface area (Å²) in [6.45, 7) is 7.51. The molecule has 2 amide bonds. The Labute approximate surface area is 123 Å². The van der Waals surface area contributed by atoms with Gasteiger partial charge >= 0.3 is 0 Å². The Morgan fingerprint density at radius 1 is 1.40 bits per heavy atom. The lowest BCUT2D eigenvalue weighted by Crippen LogP contribution is -2.70. The molecule has 6 heteroatoms. The Kier molecular flexibility index (Phi) is 5.74. The van der Waals surface area contributed by atoms with Gasteiger partial charge in [-0.25, -0.2) is 0 Å². The molecule has 5 nitrogen and oxygen atoms in total. The van der Waals surface area contributed by atoms with Crippen molar-refractivity contribution >= 4 is 22.6 Å². The highest BCUT2D eigenvalue weighted by Crippen LogP contribution is 2.25. The van der Waals surface area contributed by atoms with Crippen LogP contribution in [0.25, 0.3) is 0 Å². The molecule has 0 saturated carbocycles. The van der Waals surface area contributed by atoms with Crippen molar-refractivity contribution < 1.29 is 13.8 Å². The van der Waals surface area contributed by atoms with Crippen molar-refractivity contribution in [2.75, 3.05) is 12.0 Å². The lowest BCUT2D eigenvalue weighted by atomic mass is 9.89. The maximum Gasteiger partial charge on any atom is 0.248 e. The second-order valence-electron chi connectivity index (χ2n) is 5.73. The molecule has 1 aliphatic rings. The molecule has 0 radical (unpaired) electrons. The van der Waals surface area contributed by atoms with Gasteiger partial charge in [-0.2, -0.15) is 0 Å². The maximum atomic E-state index is 12.7. The van der Waals surface area contributed by atoms with E-state index in [1.54, 1.807) is 18.1 Å². The van der Waals surface area contributed by atoms with E-state index < -0.39 is 22.4 Å². The quantitative estimate of drug-likeness (QED) is 0.797. The van der Waals surface area contributed by atoms with E-state index in [4.69, 9.17) is 0 Å². The van der Waals surface area contributed by atoms with Crippen molar-refractivity contribution in [1.82, 2.24) is 10.2 Å². The second kappa shape index (κ2) is 6.70. The normalized spacial score (nSPS) is 30.1. The van der Waals surface area contributed by atoms with E-state index in [2.05, 4.69) is 5.32 Å². The van der Waals surface area contributed by atoms with Crippen molar-refractivity contribution in [2.45, 2.75) is 64.6 Å². The summed E-state index contributed by atoms with van der Waals surface area (Å²) in [6.07, 6.45) is 3.47. The Balaban J connectivity index is 2.99. The lowest BCUT2D eigenvalue weighted by Gasteiger charge is -2.46. The molecule has 0 aromatic carbocycles. The molecule has 0 bridgehead atoms. The van der Waals surface area contributed by atoms with Gasteiger partial charge in [-0.15, -0.1) is 0 Å². The SMILES string of the molecule is CCC1C(=O)NC(C)(CC)C(=O)N1C(C)CCS(C)=O. The molecule has 0 aromatic rings. The van der Waals surface area contributed by atoms with Crippen LogP contribution < -0.4 is 5.32 Å². The van der Waals surface area contributed by atoms with Crippen LogP contribution in [0, 0.1) is 0 Å². The Morgan fingerprint density at radius 3 is 2.45 bits per heavy atom. The predicted molar refractivity (Wildman–Crippen MR) is 80.8 cm³/mol. The molecule has 1 rings (SSSR count). The lowest BCUT2D eigenvalue weighted by molar-refractivity contribution is -0.157. The predicted octanol–water partition coefficient (Wildman–Crippen LogP) is 1.05. The van der Waals surface area contributed by atoms with Gasteiger partial charge in [-0.3, -0.25) is 13.8 Å². The number of rotatable bonds is 6. The number of carbonyl (C=O) groups excluding carboxylic acids is 2. The highest BCUT2D eigenvalue weighted by atomic mass is 32.2. The molecule has 1 saturated heterocycles. The number of nitrogens with one attached hydrogen (secondary N) is 1. The number of piperazine rings is 1. The molecule has 1 N–H and O–H groups in total. The van der Waals surface area contributed by atoms with Crippen molar-refractivity contribution in [1.29, 1.82) is 0 Å². The summed E-state index contributed by atoms with van der Waals surface area (Å²) < 4.78 is 11.2. The fraction of sp³-hybridized carbons (Fsp3) is 0.857. The molecule has 0 spiro atoms.